The summed E-state index contributed by atoms with van der Waals surface area (Å²) in [6.07, 6.45) is 0.0428. The second-order valence-electron chi connectivity index (χ2n) is 3.37. The van der Waals surface area contributed by atoms with Crippen molar-refractivity contribution >= 4 is 17.6 Å². The number of methoxy groups -OCH3 is 1. The van der Waals surface area contributed by atoms with Gasteiger partial charge in [0.15, 0.2) is 0 Å². The minimum atomic E-state index is -0.440. The molecule has 0 bridgehead atoms. The van der Waals surface area contributed by atoms with Gasteiger partial charge in [-0.05, 0) is 13.0 Å². The largest absolute Gasteiger partial charge is 0.496 e. The van der Waals surface area contributed by atoms with E-state index in [1.807, 2.05) is 0 Å². The first-order chi connectivity index (χ1) is 8.12. The smallest absolute Gasteiger partial charge is 0.310 e. The molecule has 3 nitrogen and oxygen atoms in total. The number of carbonyl (C=O) groups is 1. The quantitative estimate of drug-likeness (QED) is 0.603. The van der Waals surface area contributed by atoms with Crippen LogP contribution in [-0.4, -0.2) is 19.7 Å². The molecular weight excluding hydrogens is 247 g/mol. The molecule has 0 saturated carbocycles. The number of hydrogen-bond donors (Lipinski definition) is 0. The average molecular weight is 261 g/mol. The first kappa shape index (κ1) is 13.8. The maximum absolute atomic E-state index is 13.4. The number of halogens is 2. The third kappa shape index (κ3) is 3.60. The molecule has 17 heavy (non-hydrogen) atoms. The van der Waals surface area contributed by atoms with E-state index in [9.17, 15) is 9.18 Å². The number of ether oxygens (including phenoxy) is 2. The Balaban J connectivity index is 2.99. The second-order valence-corrected chi connectivity index (χ2v) is 3.64. The van der Waals surface area contributed by atoms with Crippen LogP contribution < -0.4 is 4.74 Å². The van der Waals surface area contributed by atoms with Gasteiger partial charge < -0.3 is 9.47 Å². The van der Waals surface area contributed by atoms with Gasteiger partial charge in [-0.3, -0.25) is 4.79 Å². The van der Waals surface area contributed by atoms with Crippen LogP contribution >= 0.6 is 11.6 Å². The predicted molar refractivity (Wildman–Crippen MR) is 62.8 cm³/mol. The zero-order valence-corrected chi connectivity index (χ0v) is 10.5. The molecule has 5 heteroatoms. The Kier molecular flexibility index (Phi) is 5.22. The zero-order chi connectivity index (χ0) is 12.8. The number of alkyl halides is 1. The molecule has 1 rings (SSSR count). The first-order valence-corrected chi connectivity index (χ1v) is 5.72. The SMILES string of the molecule is CCOC(=O)Cc1cc(CCl)c(F)cc1OC. The van der Waals surface area contributed by atoms with Crippen molar-refractivity contribution in [1.29, 1.82) is 0 Å². The van der Waals surface area contributed by atoms with E-state index in [0.29, 0.717) is 23.5 Å². The highest BCUT2D eigenvalue weighted by Crippen LogP contribution is 2.24. The minimum Gasteiger partial charge on any atom is -0.496 e. The summed E-state index contributed by atoms with van der Waals surface area (Å²) < 4.78 is 23.3. The van der Waals surface area contributed by atoms with E-state index in [-0.39, 0.29) is 18.3 Å². The molecule has 0 aliphatic heterocycles. The van der Waals surface area contributed by atoms with E-state index in [0.717, 1.165) is 0 Å². The van der Waals surface area contributed by atoms with E-state index in [1.54, 1.807) is 6.92 Å². The number of carbonyl (C=O) groups excluding carboxylic acids is 1. The molecule has 0 radical (unpaired) electrons. The predicted octanol–water partition coefficient (Wildman–Crippen LogP) is 2.68. The van der Waals surface area contributed by atoms with Crippen molar-refractivity contribution in [3.05, 3.63) is 29.1 Å². The van der Waals surface area contributed by atoms with Crippen LogP contribution in [0.1, 0.15) is 18.1 Å². The molecule has 0 fully saturated rings. The topological polar surface area (TPSA) is 35.5 Å². The maximum Gasteiger partial charge on any atom is 0.310 e. The Hall–Kier alpha value is -1.29. The molecule has 0 saturated heterocycles. The summed E-state index contributed by atoms with van der Waals surface area (Å²) in [4.78, 5) is 11.4. The van der Waals surface area contributed by atoms with Crippen LogP contribution in [0.25, 0.3) is 0 Å². The number of esters is 1. The van der Waals surface area contributed by atoms with Gasteiger partial charge >= 0.3 is 5.97 Å². The monoisotopic (exact) mass is 260 g/mol. The molecule has 0 aliphatic rings. The van der Waals surface area contributed by atoms with Crippen molar-refractivity contribution in [2.45, 2.75) is 19.2 Å². The molecule has 94 valence electrons. The molecule has 0 amide bonds. The van der Waals surface area contributed by atoms with Gasteiger partial charge in [-0.1, -0.05) is 0 Å². The van der Waals surface area contributed by atoms with Gasteiger partial charge in [-0.2, -0.15) is 0 Å². The van der Waals surface area contributed by atoms with E-state index in [2.05, 4.69) is 0 Å². The molecule has 0 N–H and O–H groups in total. The summed E-state index contributed by atoms with van der Waals surface area (Å²) in [6.45, 7) is 2.04. The lowest BCUT2D eigenvalue weighted by Crippen LogP contribution is -2.09. The van der Waals surface area contributed by atoms with Gasteiger partial charge in [0.25, 0.3) is 0 Å². The van der Waals surface area contributed by atoms with Gasteiger partial charge in [0.1, 0.15) is 11.6 Å². The van der Waals surface area contributed by atoms with E-state index in [1.165, 1.54) is 19.2 Å². The Bertz CT molecular complexity index is 407. The molecule has 0 heterocycles. The van der Waals surface area contributed by atoms with Crippen LogP contribution in [0.4, 0.5) is 4.39 Å². The van der Waals surface area contributed by atoms with Crippen LogP contribution in [0.5, 0.6) is 5.75 Å². The van der Waals surface area contributed by atoms with E-state index >= 15 is 0 Å². The zero-order valence-electron chi connectivity index (χ0n) is 9.76. The standard InChI is InChI=1S/C12H14ClFO3/c1-3-17-12(15)5-8-4-9(7-13)10(14)6-11(8)16-2/h4,6H,3,5,7H2,1-2H3. The summed E-state index contributed by atoms with van der Waals surface area (Å²) in [5, 5.41) is 0. The van der Waals surface area contributed by atoms with Crippen LogP contribution in [-0.2, 0) is 21.8 Å². The van der Waals surface area contributed by atoms with Gasteiger partial charge in [0.2, 0.25) is 0 Å². The Labute approximate surface area is 104 Å². The summed E-state index contributed by atoms with van der Waals surface area (Å²) in [5.74, 6) is -0.446. The second kappa shape index (κ2) is 6.45. The van der Waals surface area contributed by atoms with Crippen LogP contribution in [0.15, 0.2) is 12.1 Å². The lowest BCUT2D eigenvalue weighted by Gasteiger charge is -2.10. The fraction of sp³-hybridized carbons (Fsp3) is 0.417. The highest BCUT2D eigenvalue weighted by Gasteiger charge is 2.13. The molecule has 0 aliphatic carbocycles. The number of rotatable bonds is 5. The van der Waals surface area contributed by atoms with Crippen molar-refractivity contribution in [3.8, 4) is 5.75 Å². The minimum absolute atomic E-state index is 0.0428. The Morgan fingerprint density at radius 3 is 2.65 bits per heavy atom. The fourth-order valence-electron chi connectivity index (χ4n) is 1.45. The lowest BCUT2D eigenvalue weighted by molar-refractivity contribution is -0.142. The summed E-state index contributed by atoms with van der Waals surface area (Å²) in [7, 11) is 1.42. The number of hydrogen-bond acceptors (Lipinski definition) is 3. The van der Waals surface area contributed by atoms with Gasteiger partial charge in [-0.25, -0.2) is 4.39 Å². The van der Waals surface area contributed by atoms with Crippen molar-refractivity contribution in [1.82, 2.24) is 0 Å². The van der Waals surface area contributed by atoms with Gasteiger partial charge in [0, 0.05) is 17.2 Å². The fourth-order valence-corrected chi connectivity index (χ4v) is 1.65. The number of benzene rings is 1. The molecule has 0 aromatic heterocycles. The Morgan fingerprint density at radius 1 is 1.41 bits per heavy atom. The molecule has 1 aromatic rings. The maximum atomic E-state index is 13.4. The molecule has 0 atom stereocenters. The molecule has 0 spiro atoms. The Morgan fingerprint density at radius 2 is 2.12 bits per heavy atom. The van der Waals surface area contributed by atoms with E-state index in [4.69, 9.17) is 21.1 Å². The summed E-state index contributed by atoms with van der Waals surface area (Å²) >= 11 is 5.60. The van der Waals surface area contributed by atoms with Crippen molar-refractivity contribution in [2.75, 3.05) is 13.7 Å². The van der Waals surface area contributed by atoms with Crippen molar-refractivity contribution in [2.24, 2.45) is 0 Å². The molecule has 0 unspecified atom stereocenters. The molecular formula is C12H14ClFO3. The third-order valence-electron chi connectivity index (χ3n) is 2.23. The van der Waals surface area contributed by atoms with Crippen molar-refractivity contribution in [3.63, 3.8) is 0 Å². The lowest BCUT2D eigenvalue weighted by atomic mass is 10.1. The van der Waals surface area contributed by atoms with Crippen LogP contribution in [0.3, 0.4) is 0 Å². The van der Waals surface area contributed by atoms with Gasteiger partial charge in [-0.15, -0.1) is 11.6 Å². The average Bonchev–Trinajstić information content (AvgIpc) is 2.31. The van der Waals surface area contributed by atoms with Crippen molar-refractivity contribution < 1.29 is 18.7 Å². The normalized spacial score (nSPS) is 10.1. The highest BCUT2D eigenvalue weighted by atomic mass is 35.5. The van der Waals surface area contributed by atoms with Crippen LogP contribution in [0.2, 0.25) is 0 Å². The highest BCUT2D eigenvalue weighted by molar-refractivity contribution is 6.17. The van der Waals surface area contributed by atoms with Crippen LogP contribution in [0, 0.1) is 5.82 Å². The first-order valence-electron chi connectivity index (χ1n) is 5.19. The summed E-state index contributed by atoms with van der Waals surface area (Å²) in [6, 6.07) is 2.75. The van der Waals surface area contributed by atoms with E-state index < -0.39 is 5.82 Å². The van der Waals surface area contributed by atoms with Gasteiger partial charge in [0.05, 0.1) is 26.0 Å². The third-order valence-corrected chi connectivity index (χ3v) is 2.52. The molecule has 1 aromatic carbocycles. The summed E-state index contributed by atoms with van der Waals surface area (Å²) in [5.41, 5.74) is 0.912.